The molecule has 0 atom stereocenters. The molecule has 7 nitrogen and oxygen atoms in total. The Labute approximate surface area is 170 Å². The summed E-state index contributed by atoms with van der Waals surface area (Å²) in [6.45, 7) is 3.35. The summed E-state index contributed by atoms with van der Waals surface area (Å²) in [6.07, 6.45) is 7.28. The molecule has 0 aliphatic heterocycles. The normalized spacial score (nSPS) is 13.7. The van der Waals surface area contributed by atoms with E-state index in [9.17, 15) is 18.0 Å². The van der Waals surface area contributed by atoms with Crippen LogP contribution < -0.4 is 4.72 Å². The van der Waals surface area contributed by atoms with Gasteiger partial charge in [0.15, 0.2) is 6.61 Å². The molecule has 1 heterocycles. The van der Waals surface area contributed by atoms with Gasteiger partial charge in [-0.1, -0.05) is 5.92 Å². The van der Waals surface area contributed by atoms with Gasteiger partial charge in [0.05, 0.1) is 17.0 Å². The number of aryl methyl sites for hydroxylation is 1. The largest absolute Gasteiger partial charge is 0.454 e. The molecule has 8 heteroatoms. The van der Waals surface area contributed by atoms with Crippen molar-refractivity contribution in [3.05, 3.63) is 52.8 Å². The number of hydrogen-bond donors (Lipinski definition) is 1. The maximum atomic E-state index is 12.5. The number of terminal acetylenes is 1. The first-order chi connectivity index (χ1) is 13.7. The number of nitrogens with zero attached hydrogens (tertiary/aromatic N) is 1. The van der Waals surface area contributed by atoms with Crippen LogP contribution in [0.5, 0.6) is 0 Å². The molecule has 0 amide bonds. The van der Waals surface area contributed by atoms with E-state index >= 15 is 0 Å². The van der Waals surface area contributed by atoms with Gasteiger partial charge in [-0.25, -0.2) is 13.2 Å². The molecule has 1 aliphatic carbocycles. The average molecular weight is 414 g/mol. The Morgan fingerprint density at radius 3 is 2.48 bits per heavy atom. The van der Waals surface area contributed by atoms with E-state index in [1.54, 1.807) is 0 Å². The number of aromatic nitrogens is 1. The fraction of sp³-hybridized carbons (Fsp3) is 0.333. The van der Waals surface area contributed by atoms with Crippen molar-refractivity contribution in [3.63, 3.8) is 0 Å². The van der Waals surface area contributed by atoms with Gasteiger partial charge in [0.1, 0.15) is 0 Å². The van der Waals surface area contributed by atoms with E-state index in [1.165, 1.54) is 24.3 Å². The molecular formula is C21H22N2O5S. The lowest BCUT2D eigenvalue weighted by atomic mass is 10.1. The standard InChI is InChI=1S/C21H22N2O5S/c1-4-11-22-29(26,27)18-9-5-16(6-10-18)21(25)28-13-20(24)19-12-14(2)23(15(19)3)17-7-8-17/h1,5-6,9-10,12,17,22H,7-8,11,13H2,2-3H3. The third-order valence-electron chi connectivity index (χ3n) is 4.80. The van der Waals surface area contributed by atoms with Crippen LogP contribution in [-0.2, 0) is 14.8 Å². The number of sulfonamides is 1. The zero-order valence-electron chi connectivity index (χ0n) is 16.3. The van der Waals surface area contributed by atoms with Crippen LogP contribution in [0.2, 0.25) is 0 Å². The van der Waals surface area contributed by atoms with Crippen molar-refractivity contribution < 1.29 is 22.7 Å². The number of nitrogens with one attached hydrogen (secondary N) is 1. The zero-order valence-corrected chi connectivity index (χ0v) is 17.1. The summed E-state index contributed by atoms with van der Waals surface area (Å²) < 4.78 is 33.5. The van der Waals surface area contributed by atoms with Gasteiger partial charge in [-0.2, -0.15) is 4.72 Å². The van der Waals surface area contributed by atoms with Crippen molar-refractivity contribution in [2.45, 2.75) is 37.6 Å². The zero-order chi connectivity index (χ0) is 21.2. The second-order valence-electron chi connectivity index (χ2n) is 6.94. The molecule has 1 aliphatic rings. The highest BCUT2D eigenvalue weighted by Gasteiger charge is 2.28. The van der Waals surface area contributed by atoms with Gasteiger partial charge in [-0.3, -0.25) is 4.79 Å². The first-order valence-corrected chi connectivity index (χ1v) is 10.6. The first-order valence-electron chi connectivity index (χ1n) is 9.16. The van der Waals surface area contributed by atoms with E-state index in [-0.39, 0.29) is 29.4 Å². The summed E-state index contributed by atoms with van der Waals surface area (Å²) in [5, 5.41) is 0. The molecule has 152 valence electrons. The second kappa shape index (κ2) is 8.23. The van der Waals surface area contributed by atoms with E-state index in [4.69, 9.17) is 11.2 Å². The summed E-state index contributed by atoms with van der Waals surface area (Å²) in [4.78, 5) is 24.7. The maximum Gasteiger partial charge on any atom is 0.338 e. The number of carbonyl (C=O) groups is 2. The molecule has 2 aromatic rings. The van der Waals surface area contributed by atoms with E-state index in [0.717, 1.165) is 24.2 Å². The smallest absolute Gasteiger partial charge is 0.338 e. The van der Waals surface area contributed by atoms with Crippen molar-refractivity contribution in [1.29, 1.82) is 0 Å². The lowest BCUT2D eigenvalue weighted by molar-refractivity contribution is 0.0474. The van der Waals surface area contributed by atoms with Gasteiger partial charge in [0, 0.05) is 23.0 Å². The van der Waals surface area contributed by atoms with Crippen LogP contribution in [0, 0.1) is 26.2 Å². The summed E-state index contributed by atoms with van der Waals surface area (Å²) >= 11 is 0. The fourth-order valence-corrected chi connectivity index (χ4v) is 4.17. The number of benzene rings is 1. The molecule has 0 radical (unpaired) electrons. The predicted octanol–water partition coefficient (Wildman–Crippen LogP) is 2.39. The van der Waals surface area contributed by atoms with Crippen LogP contribution in [0.25, 0.3) is 0 Å². The third-order valence-corrected chi connectivity index (χ3v) is 6.21. The lowest BCUT2D eigenvalue weighted by Crippen LogP contribution is -2.24. The van der Waals surface area contributed by atoms with Crippen LogP contribution in [0.3, 0.4) is 0 Å². The molecule has 3 rings (SSSR count). The van der Waals surface area contributed by atoms with Crippen molar-refractivity contribution in [2.24, 2.45) is 0 Å². The Kier molecular flexibility index (Phi) is 5.91. The van der Waals surface area contributed by atoms with Gasteiger partial charge in [-0.05, 0) is 57.0 Å². The number of ether oxygens (including phenoxy) is 1. The van der Waals surface area contributed by atoms with Crippen molar-refractivity contribution in [3.8, 4) is 12.3 Å². The number of esters is 1. The molecular weight excluding hydrogens is 392 g/mol. The summed E-state index contributed by atoms with van der Waals surface area (Å²) in [5.74, 6) is 1.22. The topological polar surface area (TPSA) is 94.5 Å². The minimum Gasteiger partial charge on any atom is -0.454 e. The van der Waals surface area contributed by atoms with Crippen molar-refractivity contribution >= 4 is 21.8 Å². The van der Waals surface area contributed by atoms with Gasteiger partial charge < -0.3 is 9.30 Å². The minimum absolute atomic E-state index is 0.0205. The Balaban J connectivity index is 1.63. The molecule has 29 heavy (non-hydrogen) atoms. The van der Waals surface area contributed by atoms with Crippen LogP contribution in [-0.4, -0.2) is 37.9 Å². The molecule has 1 saturated carbocycles. The molecule has 0 spiro atoms. The highest BCUT2D eigenvalue weighted by Crippen LogP contribution is 2.38. The third kappa shape index (κ3) is 4.58. The Hall–Kier alpha value is -2.89. The minimum atomic E-state index is -3.74. The van der Waals surface area contributed by atoms with Gasteiger partial charge >= 0.3 is 5.97 Å². The summed E-state index contributed by atoms with van der Waals surface area (Å²) in [5.41, 5.74) is 2.62. The van der Waals surface area contributed by atoms with Crippen LogP contribution in [0.1, 0.15) is 51.0 Å². The van der Waals surface area contributed by atoms with E-state index in [1.807, 2.05) is 19.9 Å². The lowest BCUT2D eigenvalue weighted by Gasteiger charge is -2.08. The molecule has 0 unspecified atom stereocenters. The van der Waals surface area contributed by atoms with Crippen LogP contribution >= 0.6 is 0 Å². The number of Topliss-reactive ketones (excluding diaryl/α,β-unsaturated/α-hetero) is 1. The molecule has 1 aromatic heterocycles. The fourth-order valence-electron chi connectivity index (χ4n) is 3.24. The summed E-state index contributed by atoms with van der Waals surface area (Å²) in [6, 6.07) is 7.50. The molecule has 0 saturated heterocycles. The molecule has 1 N–H and O–H groups in total. The Bertz CT molecular complexity index is 1090. The van der Waals surface area contributed by atoms with E-state index in [0.29, 0.717) is 11.6 Å². The van der Waals surface area contributed by atoms with E-state index < -0.39 is 16.0 Å². The van der Waals surface area contributed by atoms with Crippen LogP contribution in [0.4, 0.5) is 0 Å². The number of carbonyl (C=O) groups excluding carboxylic acids is 2. The monoisotopic (exact) mass is 414 g/mol. The number of ketones is 1. The van der Waals surface area contributed by atoms with Gasteiger partial charge in [0.2, 0.25) is 15.8 Å². The Morgan fingerprint density at radius 1 is 1.24 bits per heavy atom. The number of rotatable bonds is 8. The van der Waals surface area contributed by atoms with Crippen LogP contribution in [0.15, 0.2) is 35.2 Å². The SMILES string of the molecule is C#CCNS(=O)(=O)c1ccc(C(=O)OCC(=O)c2cc(C)n(C3CC3)c2C)cc1. The Morgan fingerprint density at radius 2 is 1.90 bits per heavy atom. The van der Waals surface area contributed by atoms with E-state index in [2.05, 4.69) is 15.2 Å². The van der Waals surface area contributed by atoms with Gasteiger partial charge in [-0.15, -0.1) is 6.42 Å². The maximum absolute atomic E-state index is 12.5. The molecule has 1 fully saturated rings. The quantitative estimate of drug-likeness (QED) is 0.407. The number of hydrogen-bond acceptors (Lipinski definition) is 5. The van der Waals surface area contributed by atoms with Crippen molar-refractivity contribution in [1.82, 2.24) is 9.29 Å². The summed E-state index contributed by atoms with van der Waals surface area (Å²) in [7, 11) is -3.74. The highest BCUT2D eigenvalue weighted by atomic mass is 32.2. The average Bonchev–Trinajstić information content (AvgIpc) is 3.48. The molecule has 0 bridgehead atoms. The van der Waals surface area contributed by atoms with Crippen molar-refractivity contribution in [2.75, 3.05) is 13.2 Å². The highest BCUT2D eigenvalue weighted by molar-refractivity contribution is 7.89. The second-order valence-corrected chi connectivity index (χ2v) is 8.71. The van der Waals surface area contributed by atoms with Gasteiger partial charge in [0.25, 0.3) is 0 Å². The first kappa shape index (κ1) is 20.8. The predicted molar refractivity (Wildman–Crippen MR) is 107 cm³/mol. The molecule has 1 aromatic carbocycles.